The summed E-state index contributed by atoms with van der Waals surface area (Å²) in [5.74, 6) is -4.08. The number of para-hydroxylation sites is 1. The summed E-state index contributed by atoms with van der Waals surface area (Å²) in [6, 6.07) is 4.08. The number of hydrogen-bond acceptors (Lipinski definition) is 4. The Morgan fingerprint density at radius 1 is 1.27 bits per heavy atom. The minimum Gasteiger partial charge on any atom is -0.366 e. The van der Waals surface area contributed by atoms with Crippen LogP contribution in [0.1, 0.15) is 34.7 Å². The van der Waals surface area contributed by atoms with Gasteiger partial charge in [-0.1, -0.05) is 12.1 Å². The number of halogens is 2. The molecule has 2 aromatic rings. The van der Waals surface area contributed by atoms with Gasteiger partial charge >= 0.3 is 0 Å². The third-order valence-corrected chi connectivity index (χ3v) is 3.92. The first-order valence-electron chi connectivity index (χ1n) is 6.82. The van der Waals surface area contributed by atoms with Crippen molar-refractivity contribution >= 4 is 5.91 Å². The van der Waals surface area contributed by atoms with Gasteiger partial charge in [0.25, 0.3) is 5.91 Å². The van der Waals surface area contributed by atoms with Gasteiger partial charge in [-0.15, -0.1) is 0 Å². The number of nitrogens with zero attached hydrogens (tertiary/aromatic N) is 3. The normalized spacial score (nSPS) is 23.6. The number of alkyl halides is 2. The zero-order valence-electron chi connectivity index (χ0n) is 11.6. The molecular formula is C14H15F2N5O. The van der Waals surface area contributed by atoms with E-state index < -0.39 is 23.8 Å². The van der Waals surface area contributed by atoms with Gasteiger partial charge in [-0.3, -0.25) is 4.79 Å². The molecule has 2 atom stereocenters. The van der Waals surface area contributed by atoms with E-state index in [2.05, 4.69) is 10.2 Å². The molecule has 8 heteroatoms. The minimum atomic E-state index is -2.82. The summed E-state index contributed by atoms with van der Waals surface area (Å²) in [6.45, 7) is 0. The van der Waals surface area contributed by atoms with E-state index in [1.807, 2.05) is 0 Å². The highest BCUT2D eigenvalue weighted by molar-refractivity contribution is 5.97. The number of carbonyl (C=O) groups excluding carboxylic acids is 1. The fraction of sp³-hybridized carbons (Fsp3) is 0.357. The first-order chi connectivity index (χ1) is 10.4. The Kier molecular flexibility index (Phi) is 3.40. The Balaban J connectivity index is 2.16. The van der Waals surface area contributed by atoms with E-state index in [9.17, 15) is 13.6 Å². The number of nitrogens with two attached hydrogens (primary N) is 2. The van der Waals surface area contributed by atoms with Crippen LogP contribution in [0.2, 0.25) is 0 Å². The molecule has 1 aliphatic carbocycles. The van der Waals surface area contributed by atoms with Gasteiger partial charge in [-0.05, 0) is 11.6 Å². The van der Waals surface area contributed by atoms with Crippen LogP contribution in [0.4, 0.5) is 8.78 Å². The van der Waals surface area contributed by atoms with Gasteiger partial charge in [0.1, 0.15) is 5.69 Å². The highest BCUT2D eigenvalue weighted by atomic mass is 19.3. The number of rotatable bonds is 3. The molecule has 1 aromatic carbocycles. The van der Waals surface area contributed by atoms with Crippen molar-refractivity contribution < 1.29 is 13.6 Å². The quantitative estimate of drug-likeness (QED) is 0.890. The largest absolute Gasteiger partial charge is 0.366 e. The van der Waals surface area contributed by atoms with E-state index in [4.69, 9.17) is 11.5 Å². The SMILES string of the molecule is NC(=O)c1cccc(C2CC(F)(F)CC2N)c1-n1nccn1. The summed E-state index contributed by atoms with van der Waals surface area (Å²) >= 11 is 0. The summed E-state index contributed by atoms with van der Waals surface area (Å²) in [6.07, 6.45) is 2.12. The van der Waals surface area contributed by atoms with Crippen LogP contribution in [0.15, 0.2) is 30.6 Å². The lowest BCUT2D eigenvalue weighted by Gasteiger charge is -2.20. The average Bonchev–Trinajstić information content (AvgIpc) is 3.05. The maximum atomic E-state index is 13.7. The van der Waals surface area contributed by atoms with Crippen molar-refractivity contribution in [1.82, 2.24) is 15.0 Å². The Bertz CT molecular complexity index is 701. The third-order valence-electron chi connectivity index (χ3n) is 3.92. The minimum absolute atomic E-state index is 0.177. The van der Waals surface area contributed by atoms with Crippen LogP contribution in [-0.2, 0) is 0 Å². The lowest BCUT2D eigenvalue weighted by molar-refractivity contribution is 0.00669. The molecule has 6 nitrogen and oxygen atoms in total. The van der Waals surface area contributed by atoms with Gasteiger partial charge in [0.2, 0.25) is 5.92 Å². The van der Waals surface area contributed by atoms with Gasteiger partial charge < -0.3 is 11.5 Å². The highest BCUT2D eigenvalue weighted by Gasteiger charge is 2.46. The Morgan fingerprint density at radius 2 is 1.95 bits per heavy atom. The molecule has 1 heterocycles. The third kappa shape index (κ3) is 2.45. The summed E-state index contributed by atoms with van der Waals surface area (Å²) in [7, 11) is 0. The molecular weight excluding hydrogens is 292 g/mol. The summed E-state index contributed by atoms with van der Waals surface area (Å²) in [5.41, 5.74) is 12.3. The van der Waals surface area contributed by atoms with E-state index >= 15 is 0 Å². The first-order valence-corrected chi connectivity index (χ1v) is 6.82. The number of primary amides is 1. The van der Waals surface area contributed by atoms with Crippen molar-refractivity contribution in [3.63, 3.8) is 0 Å². The molecule has 1 amide bonds. The fourth-order valence-corrected chi connectivity index (χ4v) is 3.00. The van der Waals surface area contributed by atoms with Crippen molar-refractivity contribution in [2.75, 3.05) is 0 Å². The van der Waals surface area contributed by atoms with Crippen molar-refractivity contribution in [3.8, 4) is 5.69 Å². The number of amides is 1. The molecule has 1 fully saturated rings. The zero-order chi connectivity index (χ0) is 15.9. The number of benzene rings is 1. The summed E-state index contributed by atoms with van der Waals surface area (Å²) in [5, 5.41) is 7.98. The highest BCUT2D eigenvalue weighted by Crippen LogP contribution is 2.45. The van der Waals surface area contributed by atoms with Gasteiger partial charge in [0, 0.05) is 24.8 Å². The second-order valence-corrected chi connectivity index (χ2v) is 5.46. The summed E-state index contributed by atoms with van der Waals surface area (Å²) in [4.78, 5) is 12.9. The lowest BCUT2D eigenvalue weighted by Crippen LogP contribution is -2.26. The molecule has 0 aliphatic heterocycles. The molecule has 0 radical (unpaired) electrons. The number of hydrogen-bond donors (Lipinski definition) is 2. The molecule has 2 unspecified atom stereocenters. The molecule has 1 aromatic heterocycles. The van der Waals surface area contributed by atoms with Crippen molar-refractivity contribution in [3.05, 3.63) is 41.7 Å². The first kappa shape index (κ1) is 14.6. The molecule has 0 bridgehead atoms. The van der Waals surface area contributed by atoms with Crippen LogP contribution < -0.4 is 11.5 Å². The topological polar surface area (TPSA) is 99.8 Å². The second kappa shape index (κ2) is 5.13. The molecule has 0 saturated heterocycles. The maximum Gasteiger partial charge on any atom is 0.250 e. The molecule has 3 rings (SSSR count). The smallest absolute Gasteiger partial charge is 0.250 e. The Morgan fingerprint density at radius 3 is 2.50 bits per heavy atom. The van der Waals surface area contributed by atoms with Crippen LogP contribution in [0.3, 0.4) is 0 Å². The molecule has 1 saturated carbocycles. The van der Waals surface area contributed by atoms with Crippen molar-refractivity contribution in [2.45, 2.75) is 30.7 Å². The lowest BCUT2D eigenvalue weighted by atomic mass is 9.91. The van der Waals surface area contributed by atoms with Gasteiger partial charge in [0.15, 0.2) is 0 Å². The monoisotopic (exact) mass is 307 g/mol. The van der Waals surface area contributed by atoms with Gasteiger partial charge in [0.05, 0.1) is 18.0 Å². The Labute approximate surface area is 125 Å². The summed E-state index contributed by atoms with van der Waals surface area (Å²) < 4.78 is 27.3. The second-order valence-electron chi connectivity index (χ2n) is 5.46. The molecule has 116 valence electrons. The van der Waals surface area contributed by atoms with Crippen molar-refractivity contribution in [1.29, 1.82) is 0 Å². The molecule has 0 spiro atoms. The van der Waals surface area contributed by atoms with E-state index in [1.54, 1.807) is 12.1 Å². The average molecular weight is 307 g/mol. The van der Waals surface area contributed by atoms with E-state index in [0.29, 0.717) is 11.3 Å². The standard InChI is InChI=1S/C14H15F2N5O/c15-14(16)6-10(11(17)7-14)8-2-1-3-9(13(18)22)12(8)21-19-4-5-20-21/h1-5,10-11H,6-7,17H2,(H2,18,22). The molecule has 4 N–H and O–H groups in total. The van der Waals surface area contributed by atoms with Gasteiger partial charge in [-0.25, -0.2) is 8.78 Å². The predicted octanol–water partition coefficient (Wildman–Crippen LogP) is 1.21. The van der Waals surface area contributed by atoms with Crippen LogP contribution >= 0.6 is 0 Å². The maximum absolute atomic E-state index is 13.7. The Hall–Kier alpha value is -2.35. The van der Waals surface area contributed by atoms with Crippen LogP contribution in [0.25, 0.3) is 5.69 Å². The molecule has 22 heavy (non-hydrogen) atoms. The van der Waals surface area contributed by atoms with E-state index in [0.717, 1.165) is 0 Å². The zero-order valence-corrected chi connectivity index (χ0v) is 11.6. The fourth-order valence-electron chi connectivity index (χ4n) is 3.00. The predicted molar refractivity (Wildman–Crippen MR) is 74.8 cm³/mol. The van der Waals surface area contributed by atoms with E-state index in [1.165, 1.54) is 23.3 Å². The van der Waals surface area contributed by atoms with Crippen LogP contribution in [0, 0.1) is 0 Å². The number of aromatic nitrogens is 3. The van der Waals surface area contributed by atoms with Crippen LogP contribution in [-0.4, -0.2) is 32.9 Å². The van der Waals surface area contributed by atoms with Crippen molar-refractivity contribution in [2.24, 2.45) is 11.5 Å². The van der Waals surface area contributed by atoms with Gasteiger partial charge in [-0.2, -0.15) is 15.0 Å². The van der Waals surface area contributed by atoms with Crippen LogP contribution in [0.5, 0.6) is 0 Å². The number of carbonyl (C=O) groups is 1. The molecule has 1 aliphatic rings. The van der Waals surface area contributed by atoms with E-state index in [-0.39, 0.29) is 18.4 Å².